The molecule has 1 aromatic heterocycles. The number of para-hydroxylation sites is 1. The molecule has 4 aromatic rings. The van der Waals surface area contributed by atoms with Crippen molar-refractivity contribution >= 4 is 57.5 Å². The maximum Gasteiger partial charge on any atom is 0.269 e. The van der Waals surface area contributed by atoms with Crippen molar-refractivity contribution in [3.05, 3.63) is 99.7 Å². The Bertz CT molecular complexity index is 1390. The number of nitro benzene ring substituents is 1. The summed E-state index contributed by atoms with van der Waals surface area (Å²) in [6.07, 6.45) is 1.97. The van der Waals surface area contributed by atoms with Gasteiger partial charge in [0.2, 0.25) is 5.91 Å². The van der Waals surface area contributed by atoms with Crippen LogP contribution in [0.15, 0.2) is 83.9 Å². The summed E-state index contributed by atoms with van der Waals surface area (Å²) in [5.74, 6) is -0.203. The van der Waals surface area contributed by atoms with Gasteiger partial charge in [-0.2, -0.15) is 0 Å². The highest BCUT2D eigenvalue weighted by molar-refractivity contribution is 8.00. The van der Waals surface area contributed by atoms with Crippen molar-refractivity contribution in [2.75, 3.05) is 17.6 Å². The average molecular weight is 509 g/mol. The lowest BCUT2D eigenvalue weighted by Gasteiger charge is -2.07. The van der Waals surface area contributed by atoms with Crippen LogP contribution in [0.5, 0.6) is 0 Å². The van der Waals surface area contributed by atoms with E-state index in [1.54, 1.807) is 24.3 Å². The number of aromatic nitrogens is 1. The molecule has 2 amide bonds. The van der Waals surface area contributed by atoms with Crippen LogP contribution in [0.4, 0.5) is 11.4 Å². The number of nitrogens with zero attached hydrogens (tertiary/aromatic N) is 2. The van der Waals surface area contributed by atoms with Gasteiger partial charge in [0.25, 0.3) is 11.6 Å². The first-order chi connectivity index (χ1) is 16.9. The molecule has 0 bridgehead atoms. The number of thioether (sulfide) groups is 1. The van der Waals surface area contributed by atoms with Crippen LogP contribution in [0.2, 0.25) is 5.02 Å². The standard InChI is InChI=1S/C25H21ClN4O4S/c26-18-4-3-5-19(14-18)28-24(31)16-35-23-15-29(22-7-2-1-6-21(22)23)13-12-27-25(32)17-8-10-20(11-9-17)30(33)34/h1-11,14-15H,12-13,16H2,(H,27,32)(H,28,31). The van der Waals surface area contributed by atoms with Gasteiger partial charge in [0.1, 0.15) is 0 Å². The van der Waals surface area contributed by atoms with E-state index in [1.807, 2.05) is 35.0 Å². The van der Waals surface area contributed by atoms with Crippen molar-refractivity contribution in [2.24, 2.45) is 0 Å². The highest BCUT2D eigenvalue weighted by Crippen LogP contribution is 2.30. The highest BCUT2D eigenvalue weighted by atomic mass is 35.5. The third kappa shape index (κ3) is 6.20. The van der Waals surface area contributed by atoms with Crippen molar-refractivity contribution in [3.63, 3.8) is 0 Å². The molecule has 0 spiro atoms. The number of hydrogen-bond donors (Lipinski definition) is 2. The van der Waals surface area contributed by atoms with Crippen LogP contribution in [0.3, 0.4) is 0 Å². The summed E-state index contributed by atoms with van der Waals surface area (Å²) in [6, 6.07) is 20.3. The van der Waals surface area contributed by atoms with Crippen LogP contribution < -0.4 is 10.6 Å². The number of halogens is 1. The average Bonchev–Trinajstić information content (AvgIpc) is 3.20. The minimum Gasteiger partial charge on any atom is -0.350 e. The van der Waals surface area contributed by atoms with E-state index >= 15 is 0 Å². The minimum absolute atomic E-state index is 0.0633. The van der Waals surface area contributed by atoms with E-state index in [1.165, 1.54) is 36.0 Å². The van der Waals surface area contributed by atoms with Crippen LogP contribution in [0.1, 0.15) is 10.4 Å². The molecule has 0 aliphatic heterocycles. The van der Waals surface area contributed by atoms with Crippen molar-refractivity contribution in [3.8, 4) is 0 Å². The number of hydrogen-bond acceptors (Lipinski definition) is 5. The number of non-ortho nitro benzene ring substituents is 1. The van der Waals surface area contributed by atoms with E-state index < -0.39 is 4.92 Å². The number of rotatable bonds is 9. The van der Waals surface area contributed by atoms with Crippen LogP contribution >= 0.6 is 23.4 Å². The third-order valence-electron chi connectivity index (χ3n) is 5.20. The SMILES string of the molecule is O=C(CSc1cn(CCNC(=O)c2ccc([N+](=O)[O-])cc2)c2ccccc12)Nc1cccc(Cl)c1. The molecular formula is C25H21ClN4O4S. The zero-order valence-corrected chi connectivity index (χ0v) is 20.0. The normalized spacial score (nSPS) is 10.8. The molecule has 2 N–H and O–H groups in total. The molecule has 178 valence electrons. The fourth-order valence-corrected chi connectivity index (χ4v) is 4.63. The lowest BCUT2D eigenvalue weighted by Crippen LogP contribution is -2.27. The van der Waals surface area contributed by atoms with Gasteiger partial charge in [-0.3, -0.25) is 19.7 Å². The fraction of sp³-hybridized carbons (Fsp3) is 0.120. The molecule has 0 aliphatic carbocycles. The second-order valence-corrected chi connectivity index (χ2v) is 9.06. The van der Waals surface area contributed by atoms with Gasteiger partial charge in [-0.15, -0.1) is 11.8 Å². The molecule has 0 fully saturated rings. The molecular weight excluding hydrogens is 488 g/mol. The fourth-order valence-electron chi connectivity index (χ4n) is 3.55. The second kappa shape index (κ2) is 11.1. The molecule has 0 atom stereocenters. The Morgan fingerprint density at radius 2 is 1.80 bits per heavy atom. The minimum atomic E-state index is -0.505. The number of carbonyl (C=O) groups is 2. The number of benzene rings is 3. The maximum absolute atomic E-state index is 12.4. The van der Waals surface area contributed by atoms with Crippen LogP contribution in [0, 0.1) is 10.1 Å². The van der Waals surface area contributed by atoms with E-state index in [2.05, 4.69) is 10.6 Å². The van der Waals surface area contributed by atoms with Gasteiger partial charge in [0.15, 0.2) is 0 Å². The second-order valence-electron chi connectivity index (χ2n) is 7.61. The van der Waals surface area contributed by atoms with Crippen molar-refractivity contribution < 1.29 is 14.5 Å². The van der Waals surface area contributed by atoms with Gasteiger partial charge in [0.05, 0.1) is 10.7 Å². The summed E-state index contributed by atoms with van der Waals surface area (Å²) in [5.41, 5.74) is 1.94. The number of carbonyl (C=O) groups excluding carboxylic acids is 2. The van der Waals surface area contributed by atoms with Gasteiger partial charge in [-0.1, -0.05) is 35.9 Å². The van der Waals surface area contributed by atoms with Crippen LogP contribution in [0.25, 0.3) is 10.9 Å². The van der Waals surface area contributed by atoms with Gasteiger partial charge in [-0.25, -0.2) is 0 Å². The summed E-state index contributed by atoms with van der Waals surface area (Å²) in [4.78, 5) is 36.0. The maximum atomic E-state index is 12.4. The predicted molar refractivity (Wildman–Crippen MR) is 138 cm³/mol. The van der Waals surface area contributed by atoms with Crippen LogP contribution in [-0.2, 0) is 11.3 Å². The first-order valence-electron chi connectivity index (χ1n) is 10.7. The van der Waals surface area contributed by atoms with E-state index in [9.17, 15) is 19.7 Å². The Hall–Kier alpha value is -3.82. The molecule has 0 saturated heterocycles. The van der Waals surface area contributed by atoms with Gasteiger partial charge >= 0.3 is 0 Å². The van der Waals surface area contributed by atoms with Crippen molar-refractivity contribution in [1.82, 2.24) is 9.88 Å². The Morgan fingerprint density at radius 1 is 1.03 bits per heavy atom. The molecule has 4 rings (SSSR count). The van der Waals surface area contributed by atoms with E-state index in [4.69, 9.17) is 11.6 Å². The predicted octanol–water partition coefficient (Wildman–Crippen LogP) is 5.36. The molecule has 1 heterocycles. The summed E-state index contributed by atoms with van der Waals surface area (Å²) in [6.45, 7) is 0.891. The molecule has 10 heteroatoms. The molecule has 3 aromatic carbocycles. The van der Waals surface area contributed by atoms with Crippen molar-refractivity contribution in [2.45, 2.75) is 11.4 Å². The summed E-state index contributed by atoms with van der Waals surface area (Å²) < 4.78 is 2.03. The smallest absolute Gasteiger partial charge is 0.269 e. The van der Waals surface area contributed by atoms with Gasteiger partial charge in [0, 0.05) is 63.5 Å². The Balaban J connectivity index is 1.37. The Labute approximate surface area is 210 Å². The monoisotopic (exact) mass is 508 g/mol. The zero-order chi connectivity index (χ0) is 24.8. The Kier molecular flexibility index (Phi) is 7.69. The largest absolute Gasteiger partial charge is 0.350 e. The van der Waals surface area contributed by atoms with Gasteiger partial charge < -0.3 is 15.2 Å². The lowest BCUT2D eigenvalue weighted by atomic mass is 10.2. The topological polar surface area (TPSA) is 106 Å². The number of fused-ring (bicyclic) bond motifs is 1. The quantitative estimate of drug-likeness (QED) is 0.180. The highest BCUT2D eigenvalue weighted by Gasteiger charge is 2.13. The first kappa shape index (κ1) is 24.3. The summed E-state index contributed by atoms with van der Waals surface area (Å²) in [5, 5.41) is 18.0. The summed E-state index contributed by atoms with van der Waals surface area (Å²) in [7, 11) is 0. The number of amides is 2. The summed E-state index contributed by atoms with van der Waals surface area (Å²) >= 11 is 7.41. The molecule has 35 heavy (non-hydrogen) atoms. The van der Waals surface area contributed by atoms with E-state index in [0.29, 0.717) is 29.4 Å². The van der Waals surface area contributed by atoms with E-state index in [0.717, 1.165) is 15.8 Å². The lowest BCUT2D eigenvalue weighted by molar-refractivity contribution is -0.384. The number of nitro groups is 1. The van der Waals surface area contributed by atoms with Crippen LogP contribution in [-0.4, -0.2) is 33.6 Å². The zero-order valence-electron chi connectivity index (χ0n) is 18.4. The van der Waals surface area contributed by atoms with Crippen molar-refractivity contribution in [1.29, 1.82) is 0 Å². The van der Waals surface area contributed by atoms with E-state index in [-0.39, 0.29) is 23.3 Å². The van der Waals surface area contributed by atoms with Gasteiger partial charge in [-0.05, 0) is 36.4 Å². The molecule has 0 radical (unpaired) electrons. The molecule has 8 nitrogen and oxygen atoms in total. The molecule has 0 unspecified atom stereocenters. The number of anilines is 1. The Morgan fingerprint density at radius 3 is 2.54 bits per heavy atom. The first-order valence-corrected chi connectivity index (χ1v) is 12.1. The third-order valence-corrected chi connectivity index (χ3v) is 6.48. The molecule has 0 saturated carbocycles. The number of nitrogens with one attached hydrogen (secondary N) is 2. The molecule has 0 aliphatic rings.